The van der Waals surface area contributed by atoms with Gasteiger partial charge < -0.3 is 97.4 Å². The molecule has 6 unspecified atom stereocenters. The first-order chi connectivity index (χ1) is 32.8. The van der Waals surface area contributed by atoms with Crippen molar-refractivity contribution in [2.24, 2.45) is 65.8 Å². The number of nitrogens with two attached hydrogens (primary N) is 8. The number of aliphatic imine (C=N–C) groups is 4. The third-order valence-electron chi connectivity index (χ3n) is 8.87. The molecule has 0 saturated carbocycles. The zero-order valence-electron chi connectivity index (χ0n) is 36.7. The summed E-state index contributed by atoms with van der Waals surface area (Å²) in [4.78, 5) is 119. The van der Waals surface area contributed by atoms with Crippen molar-refractivity contribution in [3.63, 3.8) is 0 Å². The Kier molecular flexibility index (Phi) is 19.0. The number of carbonyl (C=O) groups is 7. The fraction of sp³-hybridized carbons (Fsp3) is 0.237. The Morgan fingerprint density at radius 2 is 1.19 bits per heavy atom. The molecule has 24 N–H and O–H groups in total. The Morgan fingerprint density at radius 1 is 0.686 bits per heavy atom. The number of aliphatic hydroxyl groups excluding tert-OH is 1. The Morgan fingerprint density at radius 3 is 1.66 bits per heavy atom. The third-order valence-corrected chi connectivity index (χ3v) is 8.87. The number of benzene rings is 3. The van der Waals surface area contributed by atoms with E-state index in [0.29, 0.717) is 6.07 Å². The molecule has 3 rings (SSSR count). The van der Waals surface area contributed by atoms with E-state index in [1.54, 1.807) is 0 Å². The number of primary amides is 1. The number of carbonyl (C=O) groups excluding carboxylic acids is 6. The SMILES string of the molecule is COc1ccc(O)c(CN(c2ccc([N+](=O)[O-])cc2C(=O)O)C(O)C(=O)NC(C(=O)NC(N=C(N)N)C(=O)NC(N=C(N)N)C(=O)NC(N=C(C)N)C(=O)NC(N=C(N)N)C(N)=O)c2ccccc2)c1. The molecule has 0 saturated heterocycles. The van der Waals surface area contributed by atoms with Gasteiger partial charge in [0.25, 0.3) is 35.2 Å². The number of ether oxygens (including phenoxy) is 1. The average Bonchev–Trinajstić information content (AvgIpc) is 3.28. The van der Waals surface area contributed by atoms with E-state index >= 15 is 0 Å². The zero-order chi connectivity index (χ0) is 52.6. The lowest BCUT2D eigenvalue weighted by Gasteiger charge is -2.32. The van der Waals surface area contributed by atoms with Crippen LogP contribution in [0.2, 0.25) is 0 Å². The molecule has 0 radical (unpaired) electrons. The number of methoxy groups -OCH3 is 1. The maximum atomic E-state index is 14.2. The number of nitro groups is 1. The number of hydrogen-bond acceptors (Lipinski definition) is 17. The molecule has 0 aliphatic rings. The van der Waals surface area contributed by atoms with Crippen molar-refractivity contribution in [1.82, 2.24) is 26.6 Å². The minimum Gasteiger partial charge on any atom is -0.508 e. The van der Waals surface area contributed by atoms with Gasteiger partial charge in [-0.1, -0.05) is 30.3 Å². The van der Waals surface area contributed by atoms with Crippen LogP contribution in [0.25, 0.3) is 0 Å². The van der Waals surface area contributed by atoms with Gasteiger partial charge in [-0.2, -0.15) is 0 Å². The molecule has 0 heterocycles. The molecule has 374 valence electrons. The van der Waals surface area contributed by atoms with Crippen LogP contribution >= 0.6 is 0 Å². The first-order valence-electron chi connectivity index (χ1n) is 19.6. The number of rotatable bonds is 23. The van der Waals surface area contributed by atoms with Crippen molar-refractivity contribution in [2.45, 2.75) is 50.4 Å². The second-order valence-corrected chi connectivity index (χ2v) is 14.1. The van der Waals surface area contributed by atoms with Gasteiger partial charge in [-0.25, -0.2) is 24.8 Å². The zero-order valence-corrected chi connectivity index (χ0v) is 36.7. The molecule has 32 heteroatoms. The Bertz CT molecular complexity index is 2590. The third kappa shape index (κ3) is 15.6. The number of phenolic OH excluding ortho intramolecular Hbond substituents is 1. The number of nitro benzene ring substituents is 1. The van der Waals surface area contributed by atoms with Crippen LogP contribution in [0.3, 0.4) is 0 Å². The van der Waals surface area contributed by atoms with Crippen molar-refractivity contribution >= 4 is 76.5 Å². The fourth-order valence-corrected chi connectivity index (χ4v) is 5.81. The molecule has 0 aromatic heterocycles. The Balaban J connectivity index is 2.04. The molecule has 3 aromatic rings. The number of amides is 6. The van der Waals surface area contributed by atoms with Crippen molar-refractivity contribution in [3.05, 3.63) is 93.5 Å². The highest BCUT2D eigenvalue weighted by Gasteiger charge is 2.36. The second-order valence-electron chi connectivity index (χ2n) is 14.1. The van der Waals surface area contributed by atoms with E-state index in [9.17, 15) is 59.0 Å². The predicted octanol–water partition coefficient (Wildman–Crippen LogP) is -6.36. The van der Waals surface area contributed by atoms with E-state index in [0.717, 1.165) is 17.0 Å². The van der Waals surface area contributed by atoms with Gasteiger partial charge in [-0.15, -0.1) is 0 Å². The number of carboxylic acid groups (broad SMARTS) is 1. The number of aliphatic hydroxyl groups is 1. The number of nitrogens with one attached hydrogen (secondary N) is 5. The van der Waals surface area contributed by atoms with Crippen LogP contribution in [0, 0.1) is 10.1 Å². The molecular formula is C38H49N19O13. The van der Waals surface area contributed by atoms with Crippen LogP contribution in [-0.2, 0) is 35.3 Å². The Labute approximate surface area is 394 Å². The van der Waals surface area contributed by atoms with Crippen LogP contribution in [0.4, 0.5) is 11.4 Å². The monoisotopic (exact) mass is 979 g/mol. The van der Waals surface area contributed by atoms with E-state index in [1.165, 1.54) is 62.6 Å². The highest BCUT2D eigenvalue weighted by molar-refractivity contribution is 6.00. The summed E-state index contributed by atoms with van der Waals surface area (Å²) in [7, 11) is 1.30. The first kappa shape index (κ1) is 54.3. The molecule has 0 aliphatic carbocycles. The average molecular weight is 980 g/mol. The summed E-state index contributed by atoms with van der Waals surface area (Å²) in [5.41, 5.74) is 41.6. The fourth-order valence-electron chi connectivity index (χ4n) is 5.81. The molecule has 6 atom stereocenters. The molecular weight excluding hydrogens is 931 g/mol. The molecule has 0 spiro atoms. The van der Waals surface area contributed by atoms with Gasteiger partial charge in [0.05, 0.1) is 29.1 Å². The van der Waals surface area contributed by atoms with Crippen molar-refractivity contribution in [1.29, 1.82) is 0 Å². The number of phenols is 1. The lowest BCUT2D eigenvalue weighted by Crippen LogP contribution is -2.58. The van der Waals surface area contributed by atoms with E-state index in [4.69, 9.17) is 50.6 Å². The Hall–Kier alpha value is -10.0. The molecule has 0 bridgehead atoms. The van der Waals surface area contributed by atoms with E-state index < -0.39 is 130 Å². The minimum absolute atomic E-state index is 0.0146. The maximum Gasteiger partial charge on any atom is 0.338 e. The van der Waals surface area contributed by atoms with Crippen LogP contribution in [0.15, 0.2) is 86.7 Å². The predicted molar refractivity (Wildman–Crippen MR) is 246 cm³/mol. The smallest absolute Gasteiger partial charge is 0.338 e. The van der Waals surface area contributed by atoms with Crippen LogP contribution in [0.5, 0.6) is 11.5 Å². The van der Waals surface area contributed by atoms with Gasteiger partial charge in [-0.3, -0.25) is 38.9 Å². The van der Waals surface area contributed by atoms with Gasteiger partial charge in [0.1, 0.15) is 17.5 Å². The maximum absolute atomic E-state index is 14.2. The summed E-state index contributed by atoms with van der Waals surface area (Å²) in [6.45, 7) is 0.542. The largest absolute Gasteiger partial charge is 0.508 e. The number of nitrogens with zero attached hydrogens (tertiary/aromatic N) is 6. The molecule has 6 amide bonds. The summed E-state index contributed by atoms with van der Waals surface area (Å²) in [6.07, 6.45) is -10.7. The standard InChI is InChI=1S/C38H49N19O13/c1-15(39)47-26(30(61)49-25(24(40)59)53-36(41)42)51-32(63)28(55-38(45)46)52-31(62)27(54-37(43)44)50-29(60)23(16-6-4-3-5-7-16)48-33(64)34(65)56(14-17-12-19(70-2)9-11-22(17)58)21-10-8-18(57(68)69)13-20(21)35(66)67/h3-13,23,25-28,34,58,65H,14H2,1-2H3,(H2,39,47)(H2,40,59)(H,48,64)(H,49,61)(H,50,60)(H,51,63)(H,52,62)(H,66,67)(H4,41,42,53)(H4,43,44,54)(H4,45,46,55). The van der Waals surface area contributed by atoms with Crippen molar-refractivity contribution in [2.75, 3.05) is 12.0 Å². The molecule has 70 heavy (non-hydrogen) atoms. The number of carboxylic acids is 1. The lowest BCUT2D eigenvalue weighted by molar-refractivity contribution is -0.384. The highest BCUT2D eigenvalue weighted by atomic mass is 16.6. The summed E-state index contributed by atoms with van der Waals surface area (Å²) in [6, 6.07) is 11.5. The van der Waals surface area contributed by atoms with E-state index in [1.807, 2.05) is 10.6 Å². The molecule has 0 aliphatic heterocycles. The van der Waals surface area contributed by atoms with Crippen LogP contribution in [-0.4, -0.2) is 123 Å². The minimum atomic E-state index is -2.47. The number of amidine groups is 1. The normalized spacial score (nSPS) is 13.4. The summed E-state index contributed by atoms with van der Waals surface area (Å²) in [5.74, 6) is -12.6. The number of aromatic carboxylic acids is 1. The molecule has 3 aromatic carbocycles. The van der Waals surface area contributed by atoms with Crippen molar-refractivity contribution < 1.29 is 58.5 Å². The quantitative estimate of drug-likeness (QED) is 0.0138. The molecule has 32 nitrogen and oxygen atoms in total. The number of guanidine groups is 3. The number of hydrogen-bond donors (Lipinski definition) is 16. The van der Waals surface area contributed by atoms with Gasteiger partial charge in [0.2, 0.25) is 36.8 Å². The summed E-state index contributed by atoms with van der Waals surface area (Å²) in [5, 5.41) is 54.7. The highest BCUT2D eigenvalue weighted by Crippen LogP contribution is 2.32. The van der Waals surface area contributed by atoms with Gasteiger partial charge >= 0.3 is 5.97 Å². The summed E-state index contributed by atoms with van der Waals surface area (Å²) < 4.78 is 5.20. The van der Waals surface area contributed by atoms with Crippen LogP contribution in [0.1, 0.15) is 34.5 Å². The molecule has 0 fully saturated rings. The van der Waals surface area contributed by atoms with Gasteiger partial charge in [-0.05, 0) is 36.8 Å². The number of aromatic hydroxyl groups is 1. The number of non-ortho nitro benzene ring substituents is 1. The second kappa shape index (κ2) is 24.5. The van der Waals surface area contributed by atoms with Crippen molar-refractivity contribution in [3.8, 4) is 11.5 Å². The number of anilines is 1. The van der Waals surface area contributed by atoms with E-state index in [2.05, 4.69) is 35.9 Å². The van der Waals surface area contributed by atoms with Gasteiger partial charge in [0, 0.05) is 24.2 Å². The first-order valence-corrected chi connectivity index (χ1v) is 19.6. The lowest BCUT2D eigenvalue weighted by atomic mass is 10.1. The summed E-state index contributed by atoms with van der Waals surface area (Å²) >= 11 is 0. The van der Waals surface area contributed by atoms with E-state index in [-0.39, 0.29) is 22.7 Å². The van der Waals surface area contributed by atoms with Crippen LogP contribution < -0.4 is 82.1 Å². The van der Waals surface area contributed by atoms with Gasteiger partial charge in [0.15, 0.2) is 17.9 Å². The topological polar surface area (TPSA) is 554 Å².